The van der Waals surface area contributed by atoms with Crippen LogP contribution >= 0.6 is 69.6 Å². The third-order valence-corrected chi connectivity index (χ3v) is 7.88. The van der Waals surface area contributed by atoms with Crippen molar-refractivity contribution in [3.63, 3.8) is 0 Å². The van der Waals surface area contributed by atoms with Crippen molar-refractivity contribution in [3.8, 4) is 23.0 Å². The van der Waals surface area contributed by atoms with Crippen LogP contribution in [0.25, 0.3) is 0 Å². The highest BCUT2D eigenvalue weighted by molar-refractivity contribution is 6.42. The van der Waals surface area contributed by atoms with Gasteiger partial charge in [-0.3, -0.25) is 0 Å². The van der Waals surface area contributed by atoms with Crippen molar-refractivity contribution in [1.29, 1.82) is 0 Å². The third-order valence-electron chi connectivity index (χ3n) is 6.12. The quantitative estimate of drug-likeness (QED) is 0.144. The van der Waals surface area contributed by atoms with Gasteiger partial charge >= 0.3 is 6.03 Å². The first kappa shape index (κ1) is 38.0. The lowest BCUT2D eigenvalue weighted by molar-refractivity contribution is 0.262. The summed E-state index contributed by atoms with van der Waals surface area (Å²) in [5, 5.41) is 27.1. The molecular weight excluding hydrogens is 725 g/mol. The maximum atomic E-state index is 11.7. The van der Waals surface area contributed by atoms with Crippen molar-refractivity contribution in [3.05, 3.63) is 138 Å². The van der Waals surface area contributed by atoms with Gasteiger partial charge in [-0.05, 0) is 103 Å². The number of halogens is 6. The predicted octanol–water partition coefficient (Wildman–Crippen LogP) is 13.3. The van der Waals surface area contributed by atoms with Crippen molar-refractivity contribution in [2.24, 2.45) is 0 Å². The van der Waals surface area contributed by atoms with Crippen LogP contribution in [-0.4, -0.2) is 16.2 Å². The lowest BCUT2D eigenvalue weighted by Crippen LogP contribution is -2.19. The van der Waals surface area contributed by atoms with Crippen LogP contribution in [-0.2, 0) is 0 Å². The minimum atomic E-state index is -0.374. The molecule has 0 aliphatic carbocycles. The highest BCUT2D eigenvalue weighted by Crippen LogP contribution is 2.36. The summed E-state index contributed by atoms with van der Waals surface area (Å²) in [6.07, 6.45) is 0. The smallest absolute Gasteiger partial charge is 0.323 e. The van der Waals surface area contributed by atoms with Crippen LogP contribution in [0.1, 0.15) is 30.9 Å². The number of ether oxygens (including phenoxy) is 1. The van der Waals surface area contributed by atoms with Crippen molar-refractivity contribution in [2.45, 2.75) is 26.7 Å². The number of nitrogens with one attached hydrogen (secondary N) is 2. The van der Waals surface area contributed by atoms with Gasteiger partial charge in [0.25, 0.3) is 0 Å². The van der Waals surface area contributed by atoms with Crippen LogP contribution < -0.4 is 15.4 Å². The van der Waals surface area contributed by atoms with Crippen LogP contribution in [0.3, 0.4) is 0 Å². The number of phenols is 2. The van der Waals surface area contributed by atoms with E-state index in [9.17, 15) is 15.0 Å². The Morgan fingerprint density at radius 1 is 0.596 bits per heavy atom. The lowest BCUT2D eigenvalue weighted by Gasteiger charge is -2.09. The standard InChI is InChI=1S/C13H9Cl3N2O.C12H7Cl3O2.C10H14O/c14-8-1-3-9(4-2-8)17-13(19)18-10-5-6-11(15)12(16)7-10;13-7-1-3-11(9(15)5-7)17-12-4-2-8(14)6-10(12)16;1-7(2)9-5-4-8(3)6-10(9)11/h1-7H,(H2,17,18,19);1-6,16H;4-7,11H,1-3H3. The summed E-state index contributed by atoms with van der Waals surface area (Å²) >= 11 is 34.8. The van der Waals surface area contributed by atoms with E-state index >= 15 is 0 Å². The predicted molar refractivity (Wildman–Crippen MR) is 197 cm³/mol. The molecule has 5 rings (SSSR count). The van der Waals surface area contributed by atoms with E-state index in [1.54, 1.807) is 78.9 Å². The number of hydrogen-bond donors (Lipinski definition) is 4. The van der Waals surface area contributed by atoms with Crippen LogP contribution in [0.4, 0.5) is 16.2 Å². The zero-order valence-corrected chi connectivity index (χ0v) is 29.8. The van der Waals surface area contributed by atoms with E-state index in [4.69, 9.17) is 74.3 Å². The first-order valence-corrected chi connectivity index (χ1v) is 16.2. The molecule has 0 saturated carbocycles. The van der Waals surface area contributed by atoms with Crippen molar-refractivity contribution in [1.82, 2.24) is 0 Å². The van der Waals surface area contributed by atoms with Gasteiger partial charge in [0.05, 0.1) is 15.1 Å². The second-order valence-electron chi connectivity index (χ2n) is 10.2. The number of urea groups is 1. The summed E-state index contributed by atoms with van der Waals surface area (Å²) < 4.78 is 5.45. The molecule has 0 saturated heterocycles. The van der Waals surface area contributed by atoms with Gasteiger partial charge in [-0.15, -0.1) is 0 Å². The van der Waals surface area contributed by atoms with Gasteiger partial charge in [-0.1, -0.05) is 95.6 Å². The van der Waals surface area contributed by atoms with E-state index in [1.807, 2.05) is 19.1 Å². The Kier molecular flexibility index (Phi) is 14.7. The van der Waals surface area contributed by atoms with E-state index in [2.05, 4.69) is 24.5 Å². The first-order valence-electron chi connectivity index (χ1n) is 13.9. The normalized spacial score (nSPS) is 10.3. The molecule has 47 heavy (non-hydrogen) atoms. The Morgan fingerprint density at radius 3 is 1.74 bits per heavy atom. The number of rotatable bonds is 5. The number of benzene rings is 5. The highest BCUT2D eigenvalue weighted by Gasteiger charge is 2.09. The fourth-order valence-electron chi connectivity index (χ4n) is 3.80. The largest absolute Gasteiger partial charge is 0.508 e. The fraction of sp³-hybridized carbons (Fsp3) is 0.114. The molecule has 5 aromatic carbocycles. The van der Waals surface area contributed by atoms with Gasteiger partial charge in [0.2, 0.25) is 0 Å². The molecule has 0 aliphatic rings. The van der Waals surface area contributed by atoms with Gasteiger partial charge in [0.1, 0.15) is 11.5 Å². The molecule has 0 aliphatic heterocycles. The number of phenolic OH excluding ortho intramolecular Hbond substituents is 2. The highest BCUT2D eigenvalue weighted by atomic mass is 35.5. The molecule has 0 heterocycles. The van der Waals surface area contributed by atoms with Gasteiger partial charge in [-0.25, -0.2) is 4.79 Å². The fourth-order valence-corrected chi connectivity index (χ4v) is 4.83. The molecule has 0 spiro atoms. The second-order valence-corrected chi connectivity index (χ2v) is 12.8. The molecule has 0 unspecified atom stereocenters. The number of amides is 2. The number of carbonyl (C=O) groups is 1. The maximum Gasteiger partial charge on any atom is 0.323 e. The molecule has 0 fully saturated rings. The van der Waals surface area contributed by atoms with Gasteiger partial charge in [-0.2, -0.15) is 0 Å². The molecule has 5 aromatic rings. The zero-order chi connectivity index (χ0) is 34.7. The third kappa shape index (κ3) is 12.6. The molecule has 0 aromatic heterocycles. The monoisotopic (exact) mass is 752 g/mol. The van der Waals surface area contributed by atoms with E-state index in [0.717, 1.165) is 11.1 Å². The van der Waals surface area contributed by atoms with Crippen LogP contribution in [0.15, 0.2) is 97.1 Å². The Bertz CT molecular complexity index is 1770. The SMILES string of the molecule is Cc1ccc(C(C)C)c(O)c1.O=C(Nc1ccc(Cl)cc1)Nc1ccc(Cl)c(Cl)c1.Oc1cc(Cl)ccc1Oc1ccc(Cl)cc1Cl. The molecule has 4 N–H and O–H groups in total. The molecule has 0 radical (unpaired) electrons. The number of aryl methyl sites for hydroxylation is 1. The summed E-state index contributed by atoms with van der Waals surface area (Å²) in [5.74, 6) is 1.45. The van der Waals surface area contributed by atoms with E-state index < -0.39 is 0 Å². The maximum absolute atomic E-state index is 11.7. The molecule has 246 valence electrons. The lowest BCUT2D eigenvalue weighted by atomic mass is 10.0. The van der Waals surface area contributed by atoms with Gasteiger partial charge in [0, 0.05) is 32.5 Å². The minimum Gasteiger partial charge on any atom is -0.508 e. The molecule has 0 bridgehead atoms. The van der Waals surface area contributed by atoms with Crippen molar-refractivity contribution >= 4 is 87.0 Å². The minimum absolute atomic E-state index is 0.0523. The van der Waals surface area contributed by atoms with E-state index in [1.165, 1.54) is 6.07 Å². The first-order chi connectivity index (χ1) is 22.2. The molecular formula is C35H30Cl6N2O4. The number of hydrogen-bond acceptors (Lipinski definition) is 4. The molecule has 6 nitrogen and oxygen atoms in total. The summed E-state index contributed by atoms with van der Waals surface area (Å²) in [6, 6.07) is 26.5. The average molecular weight is 755 g/mol. The van der Waals surface area contributed by atoms with Gasteiger partial charge < -0.3 is 25.6 Å². The topological polar surface area (TPSA) is 90.8 Å². The van der Waals surface area contributed by atoms with Crippen molar-refractivity contribution in [2.75, 3.05) is 10.6 Å². The van der Waals surface area contributed by atoms with Crippen LogP contribution in [0, 0.1) is 6.92 Å². The molecule has 0 atom stereocenters. The Balaban J connectivity index is 0.000000198. The summed E-state index contributed by atoms with van der Waals surface area (Å²) in [7, 11) is 0. The zero-order valence-electron chi connectivity index (χ0n) is 25.3. The Labute approximate surface area is 303 Å². The van der Waals surface area contributed by atoms with E-state index in [-0.39, 0.29) is 17.5 Å². The molecule has 2 amide bonds. The van der Waals surface area contributed by atoms with Crippen molar-refractivity contribution < 1.29 is 19.7 Å². The average Bonchev–Trinajstić information content (AvgIpc) is 2.99. The van der Waals surface area contributed by atoms with E-state index in [0.29, 0.717) is 58.9 Å². The second kappa shape index (κ2) is 18.2. The van der Waals surface area contributed by atoms with Crippen LogP contribution in [0.5, 0.6) is 23.0 Å². The number of carbonyl (C=O) groups excluding carboxylic acids is 1. The Morgan fingerprint density at radius 2 is 1.17 bits per heavy atom. The summed E-state index contributed by atoms with van der Waals surface area (Å²) in [5.41, 5.74) is 3.32. The molecule has 12 heteroatoms. The Hall–Kier alpha value is -3.49. The summed E-state index contributed by atoms with van der Waals surface area (Å²) in [6.45, 7) is 6.12. The number of aromatic hydroxyl groups is 2. The van der Waals surface area contributed by atoms with Crippen LogP contribution in [0.2, 0.25) is 30.1 Å². The number of anilines is 2. The van der Waals surface area contributed by atoms with Gasteiger partial charge in [0.15, 0.2) is 11.5 Å². The summed E-state index contributed by atoms with van der Waals surface area (Å²) in [4.78, 5) is 11.7.